The molecule has 0 radical (unpaired) electrons. The van der Waals surface area contributed by atoms with E-state index in [4.69, 9.17) is 18.9 Å². The third-order valence-corrected chi connectivity index (χ3v) is 8.10. The lowest BCUT2D eigenvalue weighted by Gasteiger charge is -2.36. The molecule has 202 valence electrons. The number of hydrogen-bond acceptors (Lipinski definition) is 8. The van der Waals surface area contributed by atoms with E-state index < -0.39 is 11.9 Å². The molecule has 1 aliphatic carbocycles. The number of nitrogens with one attached hydrogen (secondary N) is 1. The van der Waals surface area contributed by atoms with Gasteiger partial charge in [0.15, 0.2) is 17.3 Å². The van der Waals surface area contributed by atoms with Gasteiger partial charge in [-0.1, -0.05) is 36.4 Å². The van der Waals surface area contributed by atoms with Crippen molar-refractivity contribution in [2.24, 2.45) is 0 Å². The van der Waals surface area contributed by atoms with E-state index in [1.807, 2.05) is 60.8 Å². The topological polar surface area (TPSA) is 83.1 Å². The average Bonchev–Trinajstić information content (AvgIpc) is 3.50. The summed E-state index contributed by atoms with van der Waals surface area (Å²) in [5.74, 6) is 0.631. The first-order valence-electron chi connectivity index (χ1n) is 12.8. The zero-order valence-electron chi connectivity index (χ0n) is 22.2. The monoisotopic (exact) mass is 545 g/mol. The van der Waals surface area contributed by atoms with Crippen molar-refractivity contribution in [3.63, 3.8) is 0 Å². The molecule has 0 unspecified atom stereocenters. The number of dihydropyridines is 1. The summed E-state index contributed by atoms with van der Waals surface area (Å²) in [6.07, 6.45) is 1.05. The minimum absolute atomic E-state index is 0.00207. The van der Waals surface area contributed by atoms with E-state index in [9.17, 15) is 9.59 Å². The Balaban J connectivity index is 1.48. The van der Waals surface area contributed by atoms with E-state index in [1.54, 1.807) is 31.6 Å². The SMILES string of the molecule is COc1cccc([C@H]2C(C(=O)OCCOc3ccccc3)=C(C)NC3=C2C(=O)C[C@H](c2cccs2)C3)c1OC. The maximum absolute atomic E-state index is 13.8. The van der Waals surface area contributed by atoms with Gasteiger partial charge in [-0.05, 0) is 43.0 Å². The molecule has 1 N–H and O–H groups in total. The van der Waals surface area contributed by atoms with E-state index in [0.29, 0.717) is 52.5 Å². The normalized spacial score (nSPS) is 18.8. The molecule has 0 amide bonds. The predicted molar refractivity (Wildman–Crippen MR) is 149 cm³/mol. The molecule has 8 heteroatoms. The van der Waals surface area contributed by atoms with Crippen LogP contribution in [0.3, 0.4) is 0 Å². The van der Waals surface area contributed by atoms with Crippen molar-refractivity contribution in [3.05, 3.63) is 99.0 Å². The molecule has 5 rings (SSSR count). The van der Waals surface area contributed by atoms with E-state index in [0.717, 1.165) is 5.70 Å². The van der Waals surface area contributed by atoms with Crippen LogP contribution >= 0.6 is 11.3 Å². The molecule has 2 aromatic carbocycles. The fourth-order valence-electron chi connectivity index (χ4n) is 5.37. The van der Waals surface area contributed by atoms with Gasteiger partial charge in [0, 0.05) is 39.7 Å². The molecule has 39 heavy (non-hydrogen) atoms. The summed E-state index contributed by atoms with van der Waals surface area (Å²) in [4.78, 5) is 28.6. The van der Waals surface area contributed by atoms with Crippen molar-refractivity contribution >= 4 is 23.1 Å². The Morgan fingerprint density at radius 2 is 1.79 bits per heavy atom. The molecule has 3 aromatic rings. The molecule has 0 fully saturated rings. The quantitative estimate of drug-likeness (QED) is 0.271. The molecule has 0 saturated carbocycles. The summed E-state index contributed by atoms with van der Waals surface area (Å²) in [6, 6.07) is 18.9. The Hall–Kier alpha value is -4.04. The molecule has 0 saturated heterocycles. The first-order chi connectivity index (χ1) is 19.0. The molecule has 2 atom stereocenters. The highest BCUT2D eigenvalue weighted by atomic mass is 32.1. The zero-order valence-corrected chi connectivity index (χ0v) is 23.0. The van der Waals surface area contributed by atoms with Crippen molar-refractivity contribution in [1.29, 1.82) is 0 Å². The number of rotatable bonds is 9. The molecular formula is C31H31NO6S. The third kappa shape index (κ3) is 5.43. The number of carbonyl (C=O) groups is 2. The molecule has 0 bridgehead atoms. The van der Waals surface area contributed by atoms with Crippen molar-refractivity contribution < 1.29 is 28.5 Å². The Kier molecular flexibility index (Phi) is 8.02. The molecule has 1 aromatic heterocycles. The van der Waals surface area contributed by atoms with Gasteiger partial charge in [0.25, 0.3) is 0 Å². The summed E-state index contributed by atoms with van der Waals surface area (Å²) >= 11 is 1.66. The van der Waals surface area contributed by atoms with Gasteiger partial charge >= 0.3 is 5.97 Å². The van der Waals surface area contributed by atoms with Crippen molar-refractivity contribution in [1.82, 2.24) is 5.32 Å². The first kappa shape index (κ1) is 26.6. The van der Waals surface area contributed by atoms with Crippen LogP contribution in [0, 0.1) is 0 Å². The summed E-state index contributed by atoms with van der Waals surface area (Å²) in [5, 5.41) is 5.42. The van der Waals surface area contributed by atoms with Crippen molar-refractivity contribution in [3.8, 4) is 17.2 Å². The number of para-hydroxylation sites is 2. The van der Waals surface area contributed by atoms with Crippen LogP contribution in [0.25, 0.3) is 0 Å². The standard InChI is InChI=1S/C31H31NO6S/c1-19-27(31(34)38-15-14-37-21-9-5-4-6-10-21)28(22-11-7-12-25(35-2)30(22)36-3)29-23(32-19)17-20(18-24(29)33)26-13-8-16-39-26/h4-13,16,20,28,32H,14-15,17-18H2,1-3H3/t20-,28+/m1/s1. The molecule has 1 aliphatic heterocycles. The molecule has 2 heterocycles. The van der Waals surface area contributed by atoms with Crippen LogP contribution in [0.4, 0.5) is 0 Å². The number of allylic oxidation sites excluding steroid dienone is 3. The van der Waals surface area contributed by atoms with Crippen molar-refractivity contribution in [2.45, 2.75) is 31.6 Å². The highest BCUT2D eigenvalue weighted by Gasteiger charge is 2.43. The lowest BCUT2D eigenvalue weighted by molar-refractivity contribution is -0.140. The Bertz CT molecular complexity index is 1410. The number of thiophene rings is 1. The van der Waals surface area contributed by atoms with Crippen LogP contribution in [-0.4, -0.2) is 39.2 Å². The highest BCUT2D eigenvalue weighted by molar-refractivity contribution is 7.10. The molecule has 0 spiro atoms. The number of benzene rings is 2. The van der Waals surface area contributed by atoms with Gasteiger partial charge in [-0.2, -0.15) is 0 Å². The van der Waals surface area contributed by atoms with E-state index in [1.165, 1.54) is 4.88 Å². The second-order valence-electron chi connectivity index (χ2n) is 9.41. The number of ether oxygens (including phenoxy) is 4. The van der Waals surface area contributed by atoms with Crippen LogP contribution < -0.4 is 19.5 Å². The maximum Gasteiger partial charge on any atom is 0.336 e. The second kappa shape index (κ2) is 11.8. The number of Topliss-reactive ketones (excluding diaryl/α,β-unsaturated/α-hetero) is 1. The van der Waals surface area contributed by atoms with Gasteiger partial charge < -0.3 is 24.3 Å². The van der Waals surface area contributed by atoms with Crippen molar-refractivity contribution in [2.75, 3.05) is 27.4 Å². The average molecular weight is 546 g/mol. The van der Waals surface area contributed by atoms with Gasteiger partial charge in [-0.3, -0.25) is 4.79 Å². The predicted octanol–water partition coefficient (Wildman–Crippen LogP) is 5.75. The largest absolute Gasteiger partial charge is 0.493 e. The lowest BCUT2D eigenvalue weighted by Crippen LogP contribution is -2.36. The van der Waals surface area contributed by atoms with Crippen LogP contribution in [-0.2, 0) is 14.3 Å². The van der Waals surface area contributed by atoms with Crippen LogP contribution in [0.5, 0.6) is 17.2 Å². The summed E-state index contributed by atoms with van der Waals surface area (Å²) in [5.41, 5.74) is 3.12. The molecule has 7 nitrogen and oxygen atoms in total. The lowest BCUT2D eigenvalue weighted by atomic mass is 9.72. The third-order valence-electron chi connectivity index (χ3n) is 7.07. The number of esters is 1. The Morgan fingerprint density at radius 1 is 0.974 bits per heavy atom. The first-order valence-corrected chi connectivity index (χ1v) is 13.7. The highest BCUT2D eigenvalue weighted by Crippen LogP contribution is 2.49. The minimum atomic E-state index is -0.661. The van der Waals surface area contributed by atoms with Gasteiger partial charge in [0.1, 0.15) is 19.0 Å². The second-order valence-corrected chi connectivity index (χ2v) is 10.4. The van der Waals surface area contributed by atoms with Crippen LogP contribution in [0.15, 0.2) is 88.6 Å². The summed E-state index contributed by atoms with van der Waals surface area (Å²) in [7, 11) is 3.12. The van der Waals surface area contributed by atoms with E-state index in [2.05, 4.69) is 11.4 Å². The van der Waals surface area contributed by atoms with Gasteiger partial charge in [0.2, 0.25) is 0 Å². The molecular weight excluding hydrogens is 514 g/mol. The van der Waals surface area contributed by atoms with Gasteiger partial charge in [-0.25, -0.2) is 4.79 Å². The number of ketones is 1. The van der Waals surface area contributed by atoms with E-state index >= 15 is 0 Å². The number of hydrogen-bond donors (Lipinski definition) is 1. The number of methoxy groups -OCH3 is 2. The number of carbonyl (C=O) groups excluding carboxylic acids is 2. The Morgan fingerprint density at radius 3 is 2.51 bits per heavy atom. The minimum Gasteiger partial charge on any atom is -0.493 e. The Labute approximate surface area is 232 Å². The van der Waals surface area contributed by atoms with E-state index in [-0.39, 0.29) is 24.9 Å². The maximum atomic E-state index is 13.8. The molecule has 2 aliphatic rings. The summed E-state index contributed by atoms with van der Waals surface area (Å²) < 4.78 is 22.7. The fraction of sp³-hybridized carbons (Fsp3) is 0.290. The summed E-state index contributed by atoms with van der Waals surface area (Å²) in [6.45, 7) is 2.12. The van der Waals surface area contributed by atoms with Crippen LogP contribution in [0.1, 0.15) is 42.0 Å². The fourth-order valence-corrected chi connectivity index (χ4v) is 6.20. The van der Waals surface area contributed by atoms with Gasteiger partial charge in [-0.15, -0.1) is 11.3 Å². The smallest absolute Gasteiger partial charge is 0.336 e. The van der Waals surface area contributed by atoms with Crippen LogP contribution in [0.2, 0.25) is 0 Å². The zero-order chi connectivity index (χ0) is 27.4. The van der Waals surface area contributed by atoms with Gasteiger partial charge in [0.05, 0.1) is 25.7 Å².